The summed E-state index contributed by atoms with van der Waals surface area (Å²) in [6, 6.07) is 5.93. The molecule has 1 rings (SSSR count). The molecule has 0 spiro atoms. The molecule has 0 heterocycles. The Hall–Kier alpha value is -1.79. The highest BCUT2D eigenvalue weighted by atomic mass is 35.5. The van der Waals surface area contributed by atoms with Gasteiger partial charge in [0, 0.05) is 10.6 Å². The second kappa shape index (κ2) is 8.39. The van der Waals surface area contributed by atoms with Crippen LogP contribution in [0.25, 0.3) is 0 Å². The van der Waals surface area contributed by atoms with Gasteiger partial charge in [-0.2, -0.15) is 0 Å². The molecule has 1 aromatic carbocycles. The van der Waals surface area contributed by atoms with E-state index in [9.17, 15) is 9.59 Å². The number of amides is 1. The van der Waals surface area contributed by atoms with Crippen molar-refractivity contribution in [1.82, 2.24) is 5.32 Å². The second-order valence-corrected chi connectivity index (χ2v) is 4.54. The van der Waals surface area contributed by atoms with Crippen LogP contribution in [0.3, 0.4) is 0 Å². The maximum Gasteiger partial charge on any atom is 0.408 e. The minimum Gasteiger partial charge on any atom is -0.480 e. The van der Waals surface area contributed by atoms with Crippen molar-refractivity contribution in [2.45, 2.75) is 25.5 Å². The lowest BCUT2D eigenvalue weighted by Crippen LogP contribution is -2.41. The quantitative estimate of drug-likeness (QED) is 0.712. The van der Waals surface area contributed by atoms with Gasteiger partial charge < -0.3 is 20.9 Å². The molecule has 0 unspecified atom stereocenters. The predicted molar refractivity (Wildman–Crippen MR) is 74.5 cm³/mol. The van der Waals surface area contributed by atoms with Crippen LogP contribution in [-0.4, -0.2) is 29.8 Å². The number of nitrogens with two attached hydrogens (primary N) is 1. The monoisotopic (exact) mass is 300 g/mol. The molecule has 0 saturated heterocycles. The largest absolute Gasteiger partial charge is 0.480 e. The Labute approximate surface area is 121 Å². The van der Waals surface area contributed by atoms with E-state index in [1.807, 2.05) is 0 Å². The summed E-state index contributed by atoms with van der Waals surface area (Å²) in [5, 5.41) is 11.7. The minimum absolute atomic E-state index is 0.0191. The van der Waals surface area contributed by atoms with Crippen molar-refractivity contribution in [2.75, 3.05) is 6.54 Å². The number of carboxylic acid groups (broad SMARTS) is 1. The Kier molecular flexibility index (Phi) is 6.83. The SMILES string of the molecule is NCCC[C@@H](NC(=O)OCc1ccccc1Cl)C(=O)O. The van der Waals surface area contributed by atoms with Gasteiger partial charge in [-0.25, -0.2) is 9.59 Å². The molecule has 0 aliphatic carbocycles. The van der Waals surface area contributed by atoms with Gasteiger partial charge in [0.15, 0.2) is 0 Å². The van der Waals surface area contributed by atoms with Crippen LogP contribution in [-0.2, 0) is 16.1 Å². The topological polar surface area (TPSA) is 102 Å². The Balaban J connectivity index is 2.46. The zero-order valence-electron chi connectivity index (χ0n) is 10.8. The van der Waals surface area contributed by atoms with Gasteiger partial charge in [0.25, 0.3) is 0 Å². The van der Waals surface area contributed by atoms with E-state index in [2.05, 4.69) is 5.32 Å². The first-order chi connectivity index (χ1) is 9.54. The number of carbonyl (C=O) groups excluding carboxylic acids is 1. The average Bonchev–Trinajstić information content (AvgIpc) is 2.42. The van der Waals surface area contributed by atoms with Crippen LogP contribution in [0.15, 0.2) is 24.3 Å². The standard InChI is InChI=1S/C13H17ClN2O4/c14-10-5-2-1-4-9(10)8-20-13(19)16-11(12(17)18)6-3-7-15/h1-2,4-5,11H,3,6-8,15H2,(H,16,19)(H,17,18)/t11-/m1/s1. The first-order valence-electron chi connectivity index (χ1n) is 6.14. The van der Waals surface area contributed by atoms with Crippen molar-refractivity contribution in [2.24, 2.45) is 5.73 Å². The molecule has 0 saturated carbocycles. The van der Waals surface area contributed by atoms with Gasteiger partial charge in [-0.05, 0) is 25.5 Å². The molecule has 20 heavy (non-hydrogen) atoms. The number of alkyl carbamates (subject to hydrolysis) is 1. The van der Waals surface area contributed by atoms with Gasteiger partial charge in [0.1, 0.15) is 12.6 Å². The van der Waals surface area contributed by atoms with Crippen LogP contribution >= 0.6 is 11.6 Å². The summed E-state index contributed by atoms with van der Waals surface area (Å²) in [5.41, 5.74) is 5.96. The fourth-order valence-electron chi connectivity index (χ4n) is 1.52. The van der Waals surface area contributed by atoms with E-state index >= 15 is 0 Å². The Morgan fingerprint density at radius 1 is 1.40 bits per heavy atom. The van der Waals surface area contributed by atoms with Crippen LogP contribution in [0.2, 0.25) is 5.02 Å². The molecular formula is C13H17ClN2O4. The molecule has 0 bridgehead atoms. The zero-order valence-corrected chi connectivity index (χ0v) is 11.6. The lowest BCUT2D eigenvalue weighted by atomic mass is 10.1. The van der Waals surface area contributed by atoms with Crippen LogP contribution < -0.4 is 11.1 Å². The number of aliphatic carboxylic acids is 1. The summed E-state index contributed by atoms with van der Waals surface area (Å²) in [4.78, 5) is 22.5. The maximum atomic E-state index is 11.5. The summed E-state index contributed by atoms with van der Waals surface area (Å²) < 4.78 is 4.94. The number of rotatable bonds is 7. The number of nitrogens with one attached hydrogen (secondary N) is 1. The Morgan fingerprint density at radius 2 is 2.10 bits per heavy atom. The third-order valence-electron chi connectivity index (χ3n) is 2.60. The van der Waals surface area contributed by atoms with E-state index in [0.717, 1.165) is 0 Å². The third-order valence-corrected chi connectivity index (χ3v) is 2.97. The normalized spacial score (nSPS) is 11.7. The molecule has 110 valence electrons. The highest BCUT2D eigenvalue weighted by molar-refractivity contribution is 6.31. The smallest absolute Gasteiger partial charge is 0.408 e. The van der Waals surface area contributed by atoms with E-state index in [4.69, 9.17) is 27.2 Å². The maximum absolute atomic E-state index is 11.5. The molecule has 0 aliphatic heterocycles. The highest BCUT2D eigenvalue weighted by Crippen LogP contribution is 2.15. The fourth-order valence-corrected chi connectivity index (χ4v) is 1.71. The molecule has 1 amide bonds. The van der Waals surface area contributed by atoms with Crippen LogP contribution in [0.5, 0.6) is 0 Å². The van der Waals surface area contributed by atoms with Crippen molar-refractivity contribution < 1.29 is 19.4 Å². The molecule has 0 aliphatic rings. The molecule has 7 heteroatoms. The predicted octanol–water partition coefficient (Wildman–Crippen LogP) is 1.76. The van der Waals surface area contributed by atoms with Gasteiger partial charge in [0.2, 0.25) is 0 Å². The molecule has 4 N–H and O–H groups in total. The molecule has 0 aromatic heterocycles. The lowest BCUT2D eigenvalue weighted by molar-refractivity contribution is -0.139. The van der Waals surface area contributed by atoms with Gasteiger partial charge >= 0.3 is 12.1 Å². The fraction of sp³-hybridized carbons (Fsp3) is 0.385. The summed E-state index contributed by atoms with van der Waals surface area (Å²) in [6.07, 6.45) is -0.0382. The zero-order chi connectivity index (χ0) is 15.0. The van der Waals surface area contributed by atoms with Crippen LogP contribution in [0.4, 0.5) is 4.79 Å². The number of ether oxygens (including phenoxy) is 1. The van der Waals surface area contributed by atoms with Crippen LogP contribution in [0, 0.1) is 0 Å². The molecule has 6 nitrogen and oxygen atoms in total. The second-order valence-electron chi connectivity index (χ2n) is 4.13. The van der Waals surface area contributed by atoms with Crippen molar-refractivity contribution in [3.05, 3.63) is 34.9 Å². The number of hydrogen-bond acceptors (Lipinski definition) is 4. The van der Waals surface area contributed by atoms with Crippen molar-refractivity contribution in [3.63, 3.8) is 0 Å². The molecule has 1 aromatic rings. The molecule has 1 atom stereocenters. The summed E-state index contributed by atoms with van der Waals surface area (Å²) in [6.45, 7) is 0.342. The van der Waals surface area contributed by atoms with E-state index in [-0.39, 0.29) is 13.0 Å². The van der Waals surface area contributed by atoms with E-state index in [1.54, 1.807) is 24.3 Å². The number of carbonyl (C=O) groups is 2. The Morgan fingerprint density at radius 3 is 2.70 bits per heavy atom. The average molecular weight is 301 g/mol. The molecular weight excluding hydrogens is 284 g/mol. The first kappa shape index (κ1) is 16.3. The van der Waals surface area contributed by atoms with Gasteiger partial charge in [-0.1, -0.05) is 29.8 Å². The molecule has 0 fully saturated rings. The number of hydrogen-bond donors (Lipinski definition) is 3. The van der Waals surface area contributed by atoms with E-state index in [0.29, 0.717) is 23.6 Å². The van der Waals surface area contributed by atoms with Crippen molar-refractivity contribution in [1.29, 1.82) is 0 Å². The molecule has 0 radical (unpaired) electrons. The van der Waals surface area contributed by atoms with E-state index < -0.39 is 18.1 Å². The van der Waals surface area contributed by atoms with Gasteiger partial charge in [-0.15, -0.1) is 0 Å². The summed E-state index contributed by atoms with van der Waals surface area (Å²) >= 11 is 5.91. The Bertz CT molecular complexity index is 467. The highest BCUT2D eigenvalue weighted by Gasteiger charge is 2.20. The minimum atomic E-state index is -1.12. The van der Waals surface area contributed by atoms with Crippen molar-refractivity contribution >= 4 is 23.7 Å². The van der Waals surface area contributed by atoms with Crippen molar-refractivity contribution in [3.8, 4) is 0 Å². The van der Waals surface area contributed by atoms with Gasteiger partial charge in [0.05, 0.1) is 0 Å². The summed E-state index contributed by atoms with van der Waals surface area (Å²) in [7, 11) is 0. The lowest BCUT2D eigenvalue weighted by Gasteiger charge is -2.14. The third kappa shape index (κ3) is 5.46. The van der Waals surface area contributed by atoms with Gasteiger partial charge in [-0.3, -0.25) is 0 Å². The number of benzene rings is 1. The summed E-state index contributed by atoms with van der Waals surface area (Å²) in [5.74, 6) is -1.12. The van der Waals surface area contributed by atoms with E-state index in [1.165, 1.54) is 0 Å². The number of halogens is 1. The van der Waals surface area contributed by atoms with Crippen LogP contribution in [0.1, 0.15) is 18.4 Å². The first-order valence-corrected chi connectivity index (χ1v) is 6.52. The number of carboxylic acids is 1.